The van der Waals surface area contributed by atoms with Crippen LogP contribution in [0.5, 0.6) is 0 Å². The number of pyridine rings is 1. The summed E-state index contributed by atoms with van der Waals surface area (Å²) in [7, 11) is -8.67. The zero-order valence-corrected chi connectivity index (χ0v) is 28.9. The van der Waals surface area contributed by atoms with Crippen LogP contribution in [0.15, 0.2) is 49.7 Å². The number of aliphatic hydroxyl groups excluding tert-OH is 2. The number of hydrogen-bond donors (Lipinski definition) is 6. The Bertz CT molecular complexity index is 2050. The second-order valence-electron chi connectivity index (χ2n) is 11.8. The molecule has 0 spiro atoms. The van der Waals surface area contributed by atoms with Crippen LogP contribution in [-0.2, 0) is 43.7 Å². The van der Waals surface area contributed by atoms with Gasteiger partial charge in [0.15, 0.2) is 29.1 Å². The summed E-state index contributed by atoms with van der Waals surface area (Å²) in [6.07, 6.45) is -1.05. The summed E-state index contributed by atoms with van der Waals surface area (Å²) >= 11 is 0. The van der Waals surface area contributed by atoms with Crippen molar-refractivity contribution in [3.05, 3.63) is 55.4 Å². The number of nitrogen functional groups attached to an aromatic ring is 2. The van der Waals surface area contributed by atoms with Crippen molar-refractivity contribution < 1.29 is 61.3 Å². The lowest BCUT2D eigenvalue weighted by atomic mass is 10.2. The monoisotopic (exact) mass is 766 g/mol. The number of phosphoric acid groups is 2. The van der Waals surface area contributed by atoms with E-state index in [1.807, 2.05) is 0 Å². The van der Waals surface area contributed by atoms with E-state index in [-0.39, 0.29) is 30.2 Å². The molecule has 5 aromatic heterocycles. The van der Waals surface area contributed by atoms with Gasteiger partial charge in [-0.15, -0.1) is 0 Å². The summed E-state index contributed by atoms with van der Waals surface area (Å²) < 4.78 is 63.4. The van der Waals surface area contributed by atoms with Gasteiger partial charge in [-0.3, -0.25) is 18.2 Å². The Morgan fingerprint density at radius 1 is 0.827 bits per heavy atom. The van der Waals surface area contributed by atoms with Gasteiger partial charge < -0.3 is 40.9 Å². The third-order valence-corrected chi connectivity index (χ3v) is 10.3. The SMILES string of the molecule is C[n+]1ccccc1C(OP(=O)(O)OC[C@H]1O[C@@H](n2cnc3c(N)ncnc32)C[C@@H]1O)OP(=O)(O)OC[C@H]1O[C@@H](n2cnc3c(N)ncnc32)C[C@@H]1O. The number of aliphatic hydroxyl groups is 2. The van der Waals surface area contributed by atoms with E-state index >= 15 is 0 Å². The molecular weight excluding hydrogens is 732 g/mol. The number of rotatable bonds is 13. The molecule has 2 saturated heterocycles. The normalized spacial score (nSPS) is 26.5. The van der Waals surface area contributed by atoms with Crippen molar-refractivity contribution in [1.29, 1.82) is 0 Å². The number of fused-ring (bicyclic) bond motifs is 2. The maximum atomic E-state index is 13.2. The van der Waals surface area contributed by atoms with Crippen LogP contribution in [0.2, 0.25) is 0 Å². The van der Waals surface area contributed by atoms with Gasteiger partial charge >= 0.3 is 15.6 Å². The third kappa shape index (κ3) is 7.53. The van der Waals surface area contributed by atoms with Crippen LogP contribution in [0.25, 0.3) is 22.3 Å². The van der Waals surface area contributed by atoms with Gasteiger partial charge in [0.1, 0.15) is 55.4 Å². The predicted octanol–water partition coefficient (Wildman–Crippen LogP) is -0.0821. The van der Waals surface area contributed by atoms with Gasteiger partial charge in [-0.2, -0.15) is 0 Å². The van der Waals surface area contributed by atoms with Gasteiger partial charge in [-0.1, -0.05) is 0 Å². The van der Waals surface area contributed by atoms with Crippen molar-refractivity contribution in [3.63, 3.8) is 0 Å². The number of aryl methyl sites for hydroxylation is 1. The maximum Gasteiger partial charge on any atom is 0.475 e. The summed E-state index contributed by atoms with van der Waals surface area (Å²) in [5, 5.41) is 21.3. The molecule has 8 N–H and O–H groups in total. The highest BCUT2D eigenvalue weighted by atomic mass is 31.2. The molecule has 5 aromatic rings. The number of nitrogens with zero attached hydrogens (tertiary/aromatic N) is 9. The quantitative estimate of drug-likeness (QED) is 0.0518. The molecule has 0 amide bonds. The van der Waals surface area contributed by atoms with E-state index in [1.54, 1.807) is 6.07 Å². The Kier molecular flexibility index (Phi) is 10.0. The molecule has 2 aliphatic heterocycles. The van der Waals surface area contributed by atoms with E-state index in [0.717, 1.165) is 0 Å². The highest BCUT2D eigenvalue weighted by molar-refractivity contribution is 7.48. The number of aromatic nitrogens is 9. The predicted molar refractivity (Wildman–Crippen MR) is 173 cm³/mol. The highest BCUT2D eigenvalue weighted by Gasteiger charge is 2.43. The van der Waals surface area contributed by atoms with Gasteiger partial charge in [-0.05, 0) is 6.07 Å². The molecule has 52 heavy (non-hydrogen) atoms. The Morgan fingerprint density at radius 2 is 1.31 bits per heavy atom. The highest BCUT2D eigenvalue weighted by Crippen LogP contribution is 2.55. The average molecular weight is 767 g/mol. The molecule has 23 nitrogen and oxygen atoms in total. The van der Waals surface area contributed by atoms with Gasteiger partial charge in [0.05, 0.1) is 38.1 Å². The Labute approximate surface area is 292 Å². The molecule has 0 bridgehead atoms. The van der Waals surface area contributed by atoms with E-state index in [4.69, 9.17) is 39.0 Å². The minimum Gasteiger partial charge on any atom is -0.390 e. The fourth-order valence-corrected chi connectivity index (χ4v) is 7.43. The van der Waals surface area contributed by atoms with E-state index in [2.05, 4.69) is 29.9 Å². The first-order valence-corrected chi connectivity index (χ1v) is 18.6. The molecule has 0 radical (unpaired) electrons. The van der Waals surface area contributed by atoms with Crippen LogP contribution < -0.4 is 16.0 Å². The summed E-state index contributed by atoms with van der Waals surface area (Å²) in [6, 6.07) is 4.57. The summed E-state index contributed by atoms with van der Waals surface area (Å²) in [6.45, 7) is -1.25. The second kappa shape index (κ2) is 14.4. The Balaban J connectivity index is 0.989. The Morgan fingerprint density at radius 3 is 1.77 bits per heavy atom. The van der Waals surface area contributed by atoms with E-state index in [1.165, 1.54) is 64.4 Å². The molecule has 2 fully saturated rings. The van der Waals surface area contributed by atoms with Gasteiger partial charge in [0.2, 0.25) is 5.69 Å². The van der Waals surface area contributed by atoms with Crippen LogP contribution in [-0.4, -0.2) is 96.7 Å². The topological polar surface area (TPSA) is 314 Å². The fourth-order valence-electron chi connectivity index (χ4n) is 5.78. The summed E-state index contributed by atoms with van der Waals surface area (Å²) in [5.74, 6) is 0.309. The molecule has 278 valence electrons. The minimum atomic E-state index is -5.10. The first kappa shape index (κ1) is 36.3. The smallest absolute Gasteiger partial charge is 0.390 e. The molecule has 7 heterocycles. The van der Waals surface area contributed by atoms with Crippen molar-refractivity contribution in [2.45, 2.75) is 56.0 Å². The molecule has 0 aromatic carbocycles. The van der Waals surface area contributed by atoms with Gasteiger partial charge in [0, 0.05) is 25.0 Å². The van der Waals surface area contributed by atoms with Crippen LogP contribution in [0.3, 0.4) is 0 Å². The molecule has 0 saturated carbocycles. The zero-order chi connectivity index (χ0) is 36.8. The lowest BCUT2D eigenvalue weighted by molar-refractivity contribution is -0.685. The van der Waals surface area contributed by atoms with Crippen LogP contribution in [0.1, 0.15) is 37.3 Å². The van der Waals surface area contributed by atoms with Crippen molar-refractivity contribution >= 4 is 49.6 Å². The van der Waals surface area contributed by atoms with Crippen LogP contribution in [0.4, 0.5) is 11.6 Å². The number of phosphoric ester groups is 2. The number of ether oxygens (including phenoxy) is 2. The zero-order valence-electron chi connectivity index (χ0n) is 27.1. The second-order valence-corrected chi connectivity index (χ2v) is 14.7. The molecule has 0 aliphatic carbocycles. The van der Waals surface area contributed by atoms with Crippen molar-refractivity contribution in [2.75, 3.05) is 24.7 Å². The molecule has 2 unspecified atom stereocenters. The fraction of sp³-hybridized carbons (Fsp3) is 0.444. The van der Waals surface area contributed by atoms with E-state index < -0.39 is 72.0 Å². The van der Waals surface area contributed by atoms with Crippen molar-refractivity contribution in [1.82, 2.24) is 39.0 Å². The molecule has 25 heteroatoms. The molecular formula is C27H34N11O12P2+. The van der Waals surface area contributed by atoms with Gasteiger partial charge in [0.25, 0.3) is 6.29 Å². The third-order valence-electron chi connectivity index (χ3n) is 8.40. The number of imidazole rings is 2. The van der Waals surface area contributed by atoms with Crippen molar-refractivity contribution in [2.24, 2.45) is 7.05 Å². The molecule has 7 rings (SSSR count). The van der Waals surface area contributed by atoms with E-state index in [0.29, 0.717) is 22.3 Å². The Hall–Kier alpha value is -4.09. The minimum absolute atomic E-state index is 0.0224. The lowest BCUT2D eigenvalue weighted by Crippen LogP contribution is -2.35. The number of hydrogen-bond acceptors (Lipinski definition) is 18. The largest absolute Gasteiger partial charge is 0.475 e. The first-order chi connectivity index (χ1) is 24.8. The van der Waals surface area contributed by atoms with Crippen LogP contribution in [0, 0.1) is 0 Å². The average Bonchev–Trinajstić information content (AvgIpc) is 3.88. The number of nitrogens with two attached hydrogens (primary N) is 2. The number of anilines is 2. The van der Waals surface area contributed by atoms with E-state index in [9.17, 15) is 29.1 Å². The maximum absolute atomic E-state index is 13.2. The van der Waals surface area contributed by atoms with Crippen molar-refractivity contribution in [3.8, 4) is 0 Å². The lowest BCUT2D eigenvalue weighted by Gasteiger charge is -2.23. The molecule has 2 aliphatic rings. The summed E-state index contributed by atoms with van der Waals surface area (Å²) in [5.41, 5.74) is 13.1. The van der Waals surface area contributed by atoms with Crippen LogP contribution >= 0.6 is 15.6 Å². The summed E-state index contributed by atoms with van der Waals surface area (Å²) in [4.78, 5) is 45.8. The van der Waals surface area contributed by atoms with Gasteiger partial charge in [-0.25, -0.2) is 52.6 Å². The standard InChI is InChI=1S/C27H33N11O12P2/c1-36-5-3-2-4-14(36)27(49-51(41,42)45-8-17-15(39)6-19(47-17)37-12-34-21-23(28)30-10-32-25(21)37)50-52(43,44)46-9-18-16(40)7-20(48-18)38-13-35-22-24(29)31-11-33-26(22)38/h2-5,10-13,15-20,27,39-40H,6-9H2,1H3,(H5-,28,29,30,31,32,33,41,42,43,44)/p+1/t15-,16-,17+,18+,19+,20+/m0/s1. The first-order valence-electron chi connectivity index (χ1n) is 15.6. The molecule has 8 atom stereocenters.